The number of allylic oxidation sites excluding steroid dienone is 1. The average Bonchev–Trinajstić information content (AvgIpc) is 2.67. The summed E-state index contributed by atoms with van der Waals surface area (Å²) < 4.78 is 10.9. The highest BCUT2D eigenvalue weighted by molar-refractivity contribution is 5.88. The molecule has 0 bridgehead atoms. The monoisotopic (exact) mass is 278 g/mol. The maximum Gasteiger partial charge on any atom is 0.384 e. The van der Waals surface area contributed by atoms with Crippen molar-refractivity contribution in [3.8, 4) is 11.8 Å². The molecule has 0 spiro atoms. The van der Waals surface area contributed by atoms with Gasteiger partial charge in [0.05, 0.1) is 12.2 Å². The molecule has 20 heavy (non-hydrogen) atoms. The van der Waals surface area contributed by atoms with Crippen molar-refractivity contribution in [2.45, 2.75) is 59.5 Å². The maximum atomic E-state index is 11.2. The Kier molecular flexibility index (Phi) is 5.83. The third-order valence-corrected chi connectivity index (χ3v) is 3.34. The van der Waals surface area contributed by atoms with Crippen LogP contribution in [0.5, 0.6) is 0 Å². The van der Waals surface area contributed by atoms with E-state index in [1.807, 2.05) is 13.8 Å². The molecule has 3 heteroatoms. The second kappa shape index (κ2) is 6.95. The zero-order chi connectivity index (χ0) is 15.2. The Hall–Kier alpha value is -1.27. The van der Waals surface area contributed by atoms with Gasteiger partial charge in [-0.25, -0.2) is 4.79 Å². The lowest BCUT2D eigenvalue weighted by molar-refractivity contribution is -0.146. The van der Waals surface area contributed by atoms with E-state index in [4.69, 9.17) is 9.47 Å². The topological polar surface area (TPSA) is 35.5 Å². The predicted molar refractivity (Wildman–Crippen MR) is 80.2 cm³/mol. The SMILES string of the molecule is CC#CC(=O)OCC(C)(C)OCCC1=CCC(C)(C)C1. The van der Waals surface area contributed by atoms with Gasteiger partial charge in [0.2, 0.25) is 0 Å². The molecule has 0 aromatic rings. The lowest BCUT2D eigenvalue weighted by Gasteiger charge is -2.24. The number of hydrogen-bond acceptors (Lipinski definition) is 3. The van der Waals surface area contributed by atoms with Crippen molar-refractivity contribution in [2.24, 2.45) is 5.41 Å². The van der Waals surface area contributed by atoms with E-state index >= 15 is 0 Å². The van der Waals surface area contributed by atoms with Crippen molar-refractivity contribution < 1.29 is 14.3 Å². The van der Waals surface area contributed by atoms with Crippen molar-refractivity contribution >= 4 is 5.97 Å². The van der Waals surface area contributed by atoms with Gasteiger partial charge in [-0.05, 0) is 45.4 Å². The van der Waals surface area contributed by atoms with Gasteiger partial charge in [0, 0.05) is 5.92 Å². The van der Waals surface area contributed by atoms with E-state index < -0.39 is 11.6 Å². The van der Waals surface area contributed by atoms with Crippen molar-refractivity contribution in [1.82, 2.24) is 0 Å². The molecule has 0 saturated carbocycles. The molecule has 0 unspecified atom stereocenters. The fourth-order valence-corrected chi connectivity index (χ4v) is 2.25. The third-order valence-electron chi connectivity index (χ3n) is 3.34. The van der Waals surface area contributed by atoms with Gasteiger partial charge in [-0.2, -0.15) is 0 Å². The summed E-state index contributed by atoms with van der Waals surface area (Å²) in [5, 5.41) is 0. The first kappa shape index (κ1) is 16.8. The largest absolute Gasteiger partial charge is 0.453 e. The minimum absolute atomic E-state index is 0.227. The van der Waals surface area contributed by atoms with Gasteiger partial charge in [-0.15, -0.1) is 0 Å². The molecule has 0 fully saturated rings. The fourth-order valence-electron chi connectivity index (χ4n) is 2.25. The summed E-state index contributed by atoms with van der Waals surface area (Å²) >= 11 is 0. The Bertz CT molecular complexity index is 433. The molecule has 0 aromatic carbocycles. The molecule has 112 valence electrons. The lowest BCUT2D eigenvalue weighted by Crippen LogP contribution is -2.32. The number of carbonyl (C=O) groups excluding carboxylic acids is 1. The lowest BCUT2D eigenvalue weighted by atomic mass is 9.89. The van der Waals surface area contributed by atoms with E-state index in [0.29, 0.717) is 12.0 Å². The molecule has 0 amide bonds. The molecule has 1 aliphatic carbocycles. The van der Waals surface area contributed by atoms with Crippen LogP contribution in [0.4, 0.5) is 0 Å². The van der Waals surface area contributed by atoms with E-state index in [9.17, 15) is 4.79 Å². The Labute approximate surface area is 122 Å². The molecule has 0 atom stereocenters. The van der Waals surface area contributed by atoms with Crippen LogP contribution < -0.4 is 0 Å². The number of ether oxygens (including phenoxy) is 2. The van der Waals surface area contributed by atoms with Crippen molar-refractivity contribution in [3.05, 3.63) is 11.6 Å². The predicted octanol–water partition coefficient (Wildman–Crippen LogP) is 3.48. The third kappa shape index (κ3) is 6.25. The van der Waals surface area contributed by atoms with Crippen LogP contribution in [0.3, 0.4) is 0 Å². The molecular weight excluding hydrogens is 252 g/mol. The van der Waals surface area contributed by atoms with E-state index in [2.05, 4.69) is 31.8 Å². The number of rotatable bonds is 6. The smallest absolute Gasteiger partial charge is 0.384 e. The molecule has 0 heterocycles. The van der Waals surface area contributed by atoms with Crippen molar-refractivity contribution in [3.63, 3.8) is 0 Å². The average molecular weight is 278 g/mol. The Balaban J connectivity index is 2.26. The highest BCUT2D eigenvalue weighted by Crippen LogP contribution is 2.37. The van der Waals surface area contributed by atoms with Crippen molar-refractivity contribution in [2.75, 3.05) is 13.2 Å². The van der Waals surface area contributed by atoms with Crippen LogP contribution in [-0.2, 0) is 14.3 Å². The van der Waals surface area contributed by atoms with Gasteiger partial charge in [-0.3, -0.25) is 0 Å². The van der Waals surface area contributed by atoms with Crippen molar-refractivity contribution in [1.29, 1.82) is 0 Å². The van der Waals surface area contributed by atoms with Crippen LogP contribution in [0.1, 0.15) is 53.9 Å². The molecule has 0 saturated heterocycles. The normalized spacial score (nSPS) is 17.1. The summed E-state index contributed by atoms with van der Waals surface area (Å²) in [6, 6.07) is 0. The first-order chi connectivity index (χ1) is 9.24. The Morgan fingerprint density at radius 2 is 2.15 bits per heavy atom. The van der Waals surface area contributed by atoms with Gasteiger partial charge < -0.3 is 9.47 Å². The molecule has 3 nitrogen and oxygen atoms in total. The summed E-state index contributed by atoms with van der Waals surface area (Å²) in [4.78, 5) is 11.2. The van der Waals surface area contributed by atoms with Crippen LogP contribution in [0.15, 0.2) is 11.6 Å². The summed E-state index contributed by atoms with van der Waals surface area (Å²) in [6.07, 6.45) is 5.58. The molecule has 0 N–H and O–H groups in total. The Morgan fingerprint density at radius 3 is 2.70 bits per heavy atom. The van der Waals surface area contributed by atoms with E-state index in [1.165, 1.54) is 5.57 Å². The summed E-state index contributed by atoms with van der Waals surface area (Å²) in [7, 11) is 0. The molecule has 1 rings (SSSR count). The minimum atomic E-state index is -0.496. The highest BCUT2D eigenvalue weighted by atomic mass is 16.6. The maximum absolute atomic E-state index is 11.2. The van der Waals surface area contributed by atoms with Crippen LogP contribution in [0.25, 0.3) is 0 Å². The zero-order valence-electron chi connectivity index (χ0n) is 13.3. The van der Waals surface area contributed by atoms with Gasteiger partial charge in [0.1, 0.15) is 6.61 Å². The second-order valence-electron chi connectivity index (χ2n) is 6.72. The summed E-state index contributed by atoms with van der Waals surface area (Å²) in [5.41, 5.74) is 1.40. The molecule has 0 radical (unpaired) electrons. The molecule has 0 aromatic heterocycles. The molecular formula is C17H26O3. The van der Waals surface area contributed by atoms with Crippen LogP contribution in [0.2, 0.25) is 0 Å². The fraction of sp³-hybridized carbons (Fsp3) is 0.706. The van der Waals surface area contributed by atoms with Gasteiger partial charge in [0.25, 0.3) is 0 Å². The zero-order valence-corrected chi connectivity index (χ0v) is 13.3. The Morgan fingerprint density at radius 1 is 1.45 bits per heavy atom. The van der Waals surface area contributed by atoms with Crippen LogP contribution >= 0.6 is 0 Å². The second-order valence-corrected chi connectivity index (χ2v) is 6.72. The van der Waals surface area contributed by atoms with Gasteiger partial charge >= 0.3 is 5.97 Å². The van der Waals surface area contributed by atoms with E-state index in [-0.39, 0.29) is 6.61 Å². The first-order valence-corrected chi connectivity index (χ1v) is 7.15. The quantitative estimate of drug-likeness (QED) is 0.323. The highest BCUT2D eigenvalue weighted by Gasteiger charge is 2.25. The molecule has 1 aliphatic rings. The van der Waals surface area contributed by atoms with Gasteiger partial charge in [-0.1, -0.05) is 31.4 Å². The van der Waals surface area contributed by atoms with Crippen LogP contribution in [0, 0.1) is 17.3 Å². The molecule has 0 aliphatic heterocycles. The first-order valence-electron chi connectivity index (χ1n) is 7.15. The number of esters is 1. The van der Waals surface area contributed by atoms with Gasteiger partial charge in [0.15, 0.2) is 0 Å². The standard InChI is InChI=1S/C17H26O3/c1-6-7-15(18)19-13-17(4,5)20-11-9-14-8-10-16(2,3)12-14/h8H,9-13H2,1-5H3. The summed E-state index contributed by atoms with van der Waals surface area (Å²) in [6.45, 7) is 10.9. The number of hydrogen-bond donors (Lipinski definition) is 0. The van der Waals surface area contributed by atoms with E-state index in [1.54, 1.807) is 6.92 Å². The number of carbonyl (C=O) groups is 1. The van der Waals surface area contributed by atoms with Crippen LogP contribution in [-0.4, -0.2) is 24.8 Å². The van der Waals surface area contributed by atoms with E-state index in [0.717, 1.165) is 19.3 Å². The minimum Gasteiger partial charge on any atom is -0.453 e. The summed E-state index contributed by atoms with van der Waals surface area (Å²) in [5.74, 6) is 4.38.